The van der Waals surface area contributed by atoms with Gasteiger partial charge >= 0.3 is 6.09 Å². The van der Waals surface area contributed by atoms with E-state index in [0.717, 1.165) is 18.5 Å². The Hall–Kier alpha value is -1.75. The minimum absolute atomic E-state index is 0.0412. The van der Waals surface area contributed by atoms with Gasteiger partial charge in [0, 0.05) is 0 Å². The maximum Gasteiger partial charge on any atom is 0.412 e. The second-order valence-corrected chi connectivity index (χ2v) is 5.33. The summed E-state index contributed by atoms with van der Waals surface area (Å²) in [6.45, 7) is 6.19. The number of ether oxygens (including phenoxy) is 1. The normalized spacial score (nSPS) is 11.2. The standard InChI is InChI=1S/C14H22N2O3/c1-14(2,3)19-13(18)16-11-6-5-10(7-8-15-4)9-12(11)17/h5-6,9,15,17H,7-8H2,1-4H3,(H,16,18). The Morgan fingerprint density at radius 2 is 2.05 bits per heavy atom. The number of carbonyl (C=O) groups is 1. The van der Waals surface area contributed by atoms with Crippen molar-refractivity contribution in [1.82, 2.24) is 5.32 Å². The monoisotopic (exact) mass is 266 g/mol. The first-order valence-corrected chi connectivity index (χ1v) is 6.28. The molecule has 5 nitrogen and oxygen atoms in total. The van der Waals surface area contributed by atoms with Gasteiger partial charge in [0.2, 0.25) is 0 Å². The molecule has 0 aromatic heterocycles. The van der Waals surface area contributed by atoms with Crippen LogP contribution in [0.5, 0.6) is 5.75 Å². The molecule has 0 aliphatic carbocycles. The molecule has 0 radical (unpaired) electrons. The maximum atomic E-state index is 11.6. The van der Waals surface area contributed by atoms with Crippen molar-refractivity contribution in [2.24, 2.45) is 0 Å². The van der Waals surface area contributed by atoms with E-state index in [1.54, 1.807) is 32.9 Å². The molecule has 5 heteroatoms. The quantitative estimate of drug-likeness (QED) is 0.732. The fourth-order valence-corrected chi connectivity index (χ4v) is 1.52. The highest BCUT2D eigenvalue weighted by Gasteiger charge is 2.17. The second kappa shape index (κ2) is 6.43. The highest BCUT2D eigenvalue weighted by atomic mass is 16.6. The second-order valence-electron chi connectivity index (χ2n) is 5.33. The Kier molecular flexibility index (Phi) is 5.18. The Bertz CT molecular complexity index is 439. The van der Waals surface area contributed by atoms with E-state index in [9.17, 15) is 9.90 Å². The Morgan fingerprint density at radius 1 is 1.37 bits per heavy atom. The molecule has 1 aromatic rings. The molecule has 0 spiro atoms. The number of phenolic OH excluding ortho intramolecular Hbond substituents is 1. The van der Waals surface area contributed by atoms with Crippen LogP contribution in [0.2, 0.25) is 0 Å². The SMILES string of the molecule is CNCCc1ccc(NC(=O)OC(C)(C)C)c(O)c1. The molecule has 0 atom stereocenters. The Morgan fingerprint density at radius 3 is 2.58 bits per heavy atom. The summed E-state index contributed by atoms with van der Waals surface area (Å²) in [5.74, 6) is 0.0412. The fourth-order valence-electron chi connectivity index (χ4n) is 1.52. The summed E-state index contributed by atoms with van der Waals surface area (Å²) < 4.78 is 5.12. The number of hydrogen-bond acceptors (Lipinski definition) is 4. The molecular weight excluding hydrogens is 244 g/mol. The van der Waals surface area contributed by atoms with Crippen molar-refractivity contribution in [2.75, 3.05) is 18.9 Å². The maximum absolute atomic E-state index is 11.6. The number of nitrogens with one attached hydrogen (secondary N) is 2. The fraction of sp³-hybridized carbons (Fsp3) is 0.500. The molecule has 1 aromatic carbocycles. The number of anilines is 1. The summed E-state index contributed by atoms with van der Waals surface area (Å²) in [5, 5.41) is 15.4. The van der Waals surface area contributed by atoms with Gasteiger partial charge in [0.15, 0.2) is 0 Å². The number of carbonyl (C=O) groups excluding carboxylic acids is 1. The molecule has 1 amide bonds. The lowest BCUT2D eigenvalue weighted by molar-refractivity contribution is 0.0635. The summed E-state index contributed by atoms with van der Waals surface area (Å²) in [6, 6.07) is 5.18. The third kappa shape index (κ3) is 5.61. The molecule has 3 N–H and O–H groups in total. The first-order chi connectivity index (χ1) is 8.81. The third-order valence-corrected chi connectivity index (χ3v) is 2.36. The summed E-state index contributed by atoms with van der Waals surface area (Å²) in [4.78, 5) is 11.6. The average molecular weight is 266 g/mol. The van der Waals surface area contributed by atoms with Crippen LogP contribution in [0.4, 0.5) is 10.5 Å². The predicted octanol–water partition coefficient (Wildman–Crippen LogP) is 2.50. The molecule has 19 heavy (non-hydrogen) atoms. The highest BCUT2D eigenvalue weighted by molar-refractivity contribution is 5.86. The first-order valence-electron chi connectivity index (χ1n) is 6.28. The number of hydrogen-bond donors (Lipinski definition) is 3. The average Bonchev–Trinajstić information content (AvgIpc) is 2.27. The molecule has 0 saturated heterocycles. The van der Waals surface area contributed by atoms with Gasteiger partial charge in [0.25, 0.3) is 0 Å². The Labute approximate surface area is 114 Å². The van der Waals surface area contributed by atoms with Gasteiger partial charge in [-0.3, -0.25) is 5.32 Å². The van der Waals surface area contributed by atoms with Crippen molar-refractivity contribution in [3.63, 3.8) is 0 Å². The molecule has 0 aliphatic heterocycles. The number of rotatable bonds is 4. The van der Waals surface area contributed by atoms with Crippen LogP contribution in [0.15, 0.2) is 18.2 Å². The van der Waals surface area contributed by atoms with E-state index in [-0.39, 0.29) is 5.75 Å². The van der Waals surface area contributed by atoms with Crippen LogP contribution in [0.3, 0.4) is 0 Å². The van der Waals surface area contributed by atoms with E-state index in [4.69, 9.17) is 4.74 Å². The third-order valence-electron chi connectivity index (χ3n) is 2.36. The molecule has 0 heterocycles. The van der Waals surface area contributed by atoms with Crippen molar-refractivity contribution >= 4 is 11.8 Å². The van der Waals surface area contributed by atoms with Gasteiger partial charge in [-0.2, -0.15) is 0 Å². The van der Waals surface area contributed by atoms with Crippen molar-refractivity contribution in [3.8, 4) is 5.75 Å². The van der Waals surface area contributed by atoms with Crippen LogP contribution in [0.1, 0.15) is 26.3 Å². The lowest BCUT2D eigenvalue weighted by Crippen LogP contribution is -2.27. The largest absolute Gasteiger partial charge is 0.506 e. The summed E-state index contributed by atoms with van der Waals surface area (Å²) >= 11 is 0. The molecular formula is C14H22N2O3. The smallest absolute Gasteiger partial charge is 0.412 e. The summed E-state index contributed by atoms with van der Waals surface area (Å²) in [6.07, 6.45) is 0.238. The van der Waals surface area contributed by atoms with Gasteiger partial charge in [0.05, 0.1) is 5.69 Å². The van der Waals surface area contributed by atoms with E-state index in [1.807, 2.05) is 13.1 Å². The van der Waals surface area contributed by atoms with Crippen molar-refractivity contribution in [3.05, 3.63) is 23.8 Å². The van der Waals surface area contributed by atoms with E-state index < -0.39 is 11.7 Å². The molecule has 1 rings (SSSR count). The summed E-state index contributed by atoms with van der Waals surface area (Å²) in [5.41, 5.74) is 0.788. The first kappa shape index (κ1) is 15.3. The molecule has 0 fully saturated rings. The van der Waals surface area contributed by atoms with E-state index in [0.29, 0.717) is 5.69 Å². The number of amides is 1. The van der Waals surface area contributed by atoms with Crippen LogP contribution in [0, 0.1) is 0 Å². The number of phenols is 1. The van der Waals surface area contributed by atoms with E-state index in [1.165, 1.54) is 0 Å². The zero-order valence-corrected chi connectivity index (χ0v) is 11.9. The molecule has 0 bridgehead atoms. The van der Waals surface area contributed by atoms with Crippen molar-refractivity contribution < 1.29 is 14.6 Å². The van der Waals surface area contributed by atoms with Crippen LogP contribution < -0.4 is 10.6 Å². The lowest BCUT2D eigenvalue weighted by atomic mass is 10.1. The van der Waals surface area contributed by atoms with Gasteiger partial charge in [-0.15, -0.1) is 0 Å². The van der Waals surface area contributed by atoms with E-state index >= 15 is 0 Å². The van der Waals surface area contributed by atoms with Crippen molar-refractivity contribution in [1.29, 1.82) is 0 Å². The summed E-state index contributed by atoms with van der Waals surface area (Å²) in [7, 11) is 1.87. The van der Waals surface area contributed by atoms with Crippen LogP contribution >= 0.6 is 0 Å². The Balaban J connectivity index is 2.67. The number of likely N-dealkylation sites (N-methyl/N-ethyl adjacent to an activating group) is 1. The number of benzene rings is 1. The van der Waals surface area contributed by atoms with Gasteiger partial charge in [-0.1, -0.05) is 6.07 Å². The van der Waals surface area contributed by atoms with Gasteiger partial charge < -0.3 is 15.2 Å². The van der Waals surface area contributed by atoms with Crippen molar-refractivity contribution in [2.45, 2.75) is 32.8 Å². The predicted molar refractivity (Wildman–Crippen MR) is 75.6 cm³/mol. The molecule has 0 saturated carbocycles. The topological polar surface area (TPSA) is 70.6 Å². The molecule has 0 aliphatic rings. The minimum Gasteiger partial charge on any atom is -0.506 e. The van der Waals surface area contributed by atoms with Gasteiger partial charge in [0.1, 0.15) is 11.4 Å². The number of aromatic hydroxyl groups is 1. The highest BCUT2D eigenvalue weighted by Crippen LogP contribution is 2.25. The van der Waals surface area contributed by atoms with Crippen LogP contribution in [-0.2, 0) is 11.2 Å². The van der Waals surface area contributed by atoms with Crippen LogP contribution in [0.25, 0.3) is 0 Å². The lowest BCUT2D eigenvalue weighted by Gasteiger charge is -2.20. The molecule has 0 unspecified atom stereocenters. The van der Waals surface area contributed by atoms with Gasteiger partial charge in [-0.05, 0) is 58.5 Å². The van der Waals surface area contributed by atoms with E-state index in [2.05, 4.69) is 10.6 Å². The molecule has 106 valence electrons. The minimum atomic E-state index is -0.578. The van der Waals surface area contributed by atoms with Crippen LogP contribution in [-0.4, -0.2) is 30.4 Å². The van der Waals surface area contributed by atoms with Gasteiger partial charge in [-0.25, -0.2) is 4.79 Å². The zero-order chi connectivity index (χ0) is 14.5. The zero-order valence-electron chi connectivity index (χ0n) is 11.9.